The van der Waals surface area contributed by atoms with E-state index in [4.69, 9.17) is 4.42 Å². The van der Waals surface area contributed by atoms with Gasteiger partial charge in [-0.05, 0) is 47.2 Å². The van der Waals surface area contributed by atoms with Crippen LogP contribution in [0, 0.1) is 6.92 Å². The Morgan fingerprint density at radius 3 is 2.47 bits per heavy atom. The Bertz CT molecular complexity index is 1000. The van der Waals surface area contributed by atoms with Gasteiger partial charge in [-0.15, -0.1) is 0 Å². The SMILES string of the molecule is Cc1ccc(C(C)(C)C)cc1Sc1ccc(C(=O)N(C)CC(O)c2ccccc2)o1. The van der Waals surface area contributed by atoms with Crippen molar-refractivity contribution in [3.05, 3.63) is 83.1 Å². The molecule has 0 radical (unpaired) electrons. The molecule has 0 saturated heterocycles. The Balaban J connectivity index is 1.69. The second-order valence-electron chi connectivity index (χ2n) is 8.56. The fraction of sp³-hybridized carbons (Fsp3) is 0.320. The van der Waals surface area contributed by atoms with Crippen LogP contribution in [-0.4, -0.2) is 29.5 Å². The normalized spacial score (nSPS) is 12.6. The smallest absolute Gasteiger partial charge is 0.289 e. The molecule has 3 aromatic rings. The monoisotopic (exact) mass is 423 g/mol. The molecule has 0 aliphatic carbocycles. The number of hydrogen-bond donors (Lipinski definition) is 1. The van der Waals surface area contributed by atoms with Gasteiger partial charge in [0.15, 0.2) is 10.9 Å². The lowest BCUT2D eigenvalue weighted by Gasteiger charge is -2.20. The van der Waals surface area contributed by atoms with Gasteiger partial charge in [-0.3, -0.25) is 4.79 Å². The van der Waals surface area contributed by atoms with Crippen molar-refractivity contribution in [2.75, 3.05) is 13.6 Å². The second kappa shape index (κ2) is 9.11. The van der Waals surface area contributed by atoms with E-state index in [1.54, 1.807) is 13.1 Å². The van der Waals surface area contributed by atoms with E-state index in [1.807, 2.05) is 36.4 Å². The fourth-order valence-electron chi connectivity index (χ4n) is 3.09. The van der Waals surface area contributed by atoms with Gasteiger partial charge in [-0.1, -0.05) is 75.0 Å². The van der Waals surface area contributed by atoms with Crippen LogP contribution in [0.4, 0.5) is 0 Å². The van der Waals surface area contributed by atoms with E-state index in [0.717, 1.165) is 10.5 Å². The molecule has 1 aromatic heterocycles. The summed E-state index contributed by atoms with van der Waals surface area (Å²) in [7, 11) is 1.67. The van der Waals surface area contributed by atoms with E-state index in [2.05, 4.69) is 45.9 Å². The third-order valence-corrected chi connectivity index (χ3v) is 6.12. The first-order valence-corrected chi connectivity index (χ1v) is 10.8. The summed E-state index contributed by atoms with van der Waals surface area (Å²) in [6.45, 7) is 8.84. The molecule has 3 rings (SSSR count). The van der Waals surface area contributed by atoms with Gasteiger partial charge in [0.25, 0.3) is 5.91 Å². The first-order valence-electron chi connectivity index (χ1n) is 10.0. The minimum absolute atomic E-state index is 0.0651. The van der Waals surface area contributed by atoms with Crippen LogP contribution in [0.3, 0.4) is 0 Å². The zero-order chi connectivity index (χ0) is 21.9. The summed E-state index contributed by atoms with van der Waals surface area (Å²) in [5.74, 6) is 0.0156. The van der Waals surface area contributed by atoms with E-state index in [1.165, 1.54) is 27.8 Å². The summed E-state index contributed by atoms with van der Waals surface area (Å²) in [6.07, 6.45) is -0.744. The lowest BCUT2D eigenvalue weighted by Crippen LogP contribution is -2.30. The van der Waals surface area contributed by atoms with Crippen LogP contribution in [0.25, 0.3) is 0 Å². The highest BCUT2D eigenvalue weighted by Crippen LogP contribution is 2.35. The van der Waals surface area contributed by atoms with Crippen LogP contribution in [0.1, 0.15) is 54.1 Å². The summed E-state index contributed by atoms with van der Waals surface area (Å²) in [5, 5.41) is 11.1. The molecule has 0 fully saturated rings. The van der Waals surface area contributed by atoms with E-state index in [0.29, 0.717) is 5.09 Å². The summed E-state index contributed by atoms with van der Waals surface area (Å²) in [6, 6.07) is 19.3. The van der Waals surface area contributed by atoms with Gasteiger partial charge in [0.1, 0.15) is 0 Å². The number of amides is 1. The first kappa shape index (κ1) is 22.2. The lowest BCUT2D eigenvalue weighted by atomic mass is 9.87. The summed E-state index contributed by atoms with van der Waals surface area (Å²) in [5.41, 5.74) is 3.27. The van der Waals surface area contributed by atoms with Crippen LogP contribution in [0.2, 0.25) is 0 Å². The van der Waals surface area contributed by atoms with E-state index in [-0.39, 0.29) is 23.6 Å². The molecule has 2 aromatic carbocycles. The molecule has 1 amide bonds. The number of furan rings is 1. The quantitative estimate of drug-likeness (QED) is 0.541. The number of likely N-dealkylation sites (N-methyl/N-ethyl adjacent to an activating group) is 1. The first-order chi connectivity index (χ1) is 14.1. The zero-order valence-electron chi connectivity index (χ0n) is 18.2. The van der Waals surface area contributed by atoms with Gasteiger partial charge in [-0.25, -0.2) is 0 Å². The topological polar surface area (TPSA) is 53.7 Å². The molecule has 158 valence electrons. The molecular formula is C25H29NO3S. The Morgan fingerprint density at radius 1 is 1.10 bits per heavy atom. The molecule has 0 aliphatic heterocycles. The number of aliphatic hydroxyl groups excluding tert-OH is 1. The number of benzene rings is 2. The number of carbonyl (C=O) groups is 1. The van der Waals surface area contributed by atoms with Crippen LogP contribution in [0.5, 0.6) is 0 Å². The molecule has 0 bridgehead atoms. The van der Waals surface area contributed by atoms with Gasteiger partial charge in [-0.2, -0.15) is 0 Å². The average Bonchev–Trinajstić information content (AvgIpc) is 3.17. The van der Waals surface area contributed by atoms with E-state index < -0.39 is 6.10 Å². The van der Waals surface area contributed by atoms with Crippen molar-refractivity contribution >= 4 is 17.7 Å². The van der Waals surface area contributed by atoms with Crippen molar-refractivity contribution < 1.29 is 14.3 Å². The zero-order valence-corrected chi connectivity index (χ0v) is 19.0. The molecule has 30 heavy (non-hydrogen) atoms. The highest BCUT2D eigenvalue weighted by Gasteiger charge is 2.20. The molecule has 0 saturated carbocycles. The van der Waals surface area contributed by atoms with Gasteiger partial charge >= 0.3 is 0 Å². The molecule has 0 aliphatic rings. The Kier molecular flexibility index (Phi) is 6.74. The highest BCUT2D eigenvalue weighted by atomic mass is 32.2. The molecule has 0 spiro atoms. The Hall–Kier alpha value is -2.50. The van der Waals surface area contributed by atoms with Crippen LogP contribution >= 0.6 is 11.8 Å². The third kappa shape index (κ3) is 5.35. The molecule has 1 N–H and O–H groups in total. The molecule has 4 nitrogen and oxygen atoms in total. The molecule has 1 atom stereocenters. The Labute approximate surface area is 182 Å². The predicted octanol–water partition coefficient (Wildman–Crippen LogP) is 5.84. The van der Waals surface area contributed by atoms with Crippen LogP contribution in [-0.2, 0) is 5.41 Å². The summed E-state index contributed by atoms with van der Waals surface area (Å²) in [4.78, 5) is 15.3. The largest absolute Gasteiger partial charge is 0.444 e. The lowest BCUT2D eigenvalue weighted by molar-refractivity contribution is 0.0646. The van der Waals surface area contributed by atoms with Crippen molar-refractivity contribution in [2.45, 2.75) is 49.2 Å². The maximum atomic E-state index is 12.7. The molecule has 5 heteroatoms. The number of nitrogens with zero attached hydrogens (tertiary/aromatic N) is 1. The standard InChI is InChI=1S/C25H29NO3S/c1-17-11-12-19(25(2,3)4)15-22(17)30-23-14-13-21(29-23)24(28)26(5)16-20(27)18-9-7-6-8-10-18/h6-15,20,27H,16H2,1-5H3. The van der Waals surface area contributed by atoms with Crippen molar-refractivity contribution in [3.8, 4) is 0 Å². The van der Waals surface area contributed by atoms with Crippen molar-refractivity contribution in [1.82, 2.24) is 4.90 Å². The number of hydrogen-bond acceptors (Lipinski definition) is 4. The minimum Gasteiger partial charge on any atom is -0.444 e. The maximum absolute atomic E-state index is 12.7. The third-order valence-electron chi connectivity index (χ3n) is 5.03. The van der Waals surface area contributed by atoms with E-state index >= 15 is 0 Å². The second-order valence-corrected chi connectivity index (χ2v) is 9.61. The number of rotatable bonds is 6. The summed E-state index contributed by atoms with van der Waals surface area (Å²) < 4.78 is 5.83. The van der Waals surface area contributed by atoms with Gasteiger partial charge < -0.3 is 14.4 Å². The number of aryl methyl sites for hydroxylation is 1. The minimum atomic E-state index is -0.744. The predicted molar refractivity (Wildman–Crippen MR) is 121 cm³/mol. The van der Waals surface area contributed by atoms with Crippen LogP contribution in [0.15, 0.2) is 75.1 Å². The van der Waals surface area contributed by atoms with Crippen molar-refractivity contribution in [3.63, 3.8) is 0 Å². The highest BCUT2D eigenvalue weighted by molar-refractivity contribution is 7.99. The van der Waals surface area contributed by atoms with Crippen molar-refractivity contribution in [2.24, 2.45) is 0 Å². The van der Waals surface area contributed by atoms with Crippen LogP contribution < -0.4 is 0 Å². The Morgan fingerprint density at radius 2 is 1.80 bits per heavy atom. The fourth-order valence-corrected chi connectivity index (χ4v) is 3.99. The molecule has 1 unspecified atom stereocenters. The maximum Gasteiger partial charge on any atom is 0.289 e. The van der Waals surface area contributed by atoms with Gasteiger partial charge in [0.05, 0.1) is 12.6 Å². The molecular weight excluding hydrogens is 394 g/mol. The van der Waals surface area contributed by atoms with Gasteiger partial charge in [0.2, 0.25) is 0 Å². The number of aliphatic hydroxyl groups is 1. The molecule has 1 heterocycles. The summed E-state index contributed by atoms with van der Waals surface area (Å²) >= 11 is 1.52. The van der Waals surface area contributed by atoms with Gasteiger partial charge in [0, 0.05) is 11.9 Å². The number of carbonyl (C=O) groups excluding carboxylic acids is 1. The van der Waals surface area contributed by atoms with E-state index in [9.17, 15) is 9.90 Å². The van der Waals surface area contributed by atoms with Crippen molar-refractivity contribution in [1.29, 1.82) is 0 Å². The average molecular weight is 424 g/mol.